The lowest BCUT2D eigenvalue weighted by molar-refractivity contribution is -0.140. The highest BCUT2D eigenvalue weighted by Crippen LogP contribution is 2.43. The summed E-state index contributed by atoms with van der Waals surface area (Å²) in [6, 6.07) is 19.2. The van der Waals surface area contributed by atoms with Gasteiger partial charge in [0.25, 0.3) is 11.7 Å². The van der Waals surface area contributed by atoms with Gasteiger partial charge in [0.2, 0.25) is 0 Å². The summed E-state index contributed by atoms with van der Waals surface area (Å²) in [4.78, 5) is 28.2. The molecule has 2 aliphatic rings. The summed E-state index contributed by atoms with van der Waals surface area (Å²) < 4.78 is 28.4. The van der Waals surface area contributed by atoms with Crippen LogP contribution < -0.4 is 18.9 Å². The molecule has 2 heterocycles. The Morgan fingerprint density at radius 1 is 0.951 bits per heavy atom. The van der Waals surface area contributed by atoms with E-state index in [9.17, 15) is 14.7 Å². The second-order valence-electron chi connectivity index (χ2n) is 9.61. The fraction of sp³-hybridized carbons (Fsp3) is 0.312. The second-order valence-corrected chi connectivity index (χ2v) is 9.61. The largest absolute Gasteiger partial charge is 0.507 e. The van der Waals surface area contributed by atoms with Crippen molar-refractivity contribution in [1.82, 2.24) is 4.90 Å². The van der Waals surface area contributed by atoms with Crippen LogP contribution in [-0.2, 0) is 20.9 Å². The van der Waals surface area contributed by atoms with Crippen LogP contribution in [0.25, 0.3) is 5.76 Å². The average molecular weight is 560 g/mol. The number of fused-ring (bicyclic) bond motifs is 1. The fourth-order valence-electron chi connectivity index (χ4n) is 5.00. The molecule has 1 saturated heterocycles. The van der Waals surface area contributed by atoms with Crippen molar-refractivity contribution in [1.29, 1.82) is 0 Å². The minimum absolute atomic E-state index is 0.00972. The Hall–Kier alpha value is -4.50. The number of hydrogen-bond acceptors (Lipinski definition) is 8. The van der Waals surface area contributed by atoms with Crippen molar-refractivity contribution < 1.29 is 38.4 Å². The number of nitrogens with zero attached hydrogens (tertiary/aromatic N) is 1. The third-order valence-electron chi connectivity index (χ3n) is 6.92. The van der Waals surface area contributed by atoms with E-state index < -0.39 is 17.7 Å². The zero-order valence-corrected chi connectivity index (χ0v) is 23.1. The van der Waals surface area contributed by atoms with Crippen molar-refractivity contribution in [2.75, 3.05) is 40.1 Å². The second kappa shape index (κ2) is 12.8. The van der Waals surface area contributed by atoms with Gasteiger partial charge in [0.1, 0.15) is 25.6 Å². The first kappa shape index (κ1) is 28.0. The molecular formula is C32H33NO8. The zero-order valence-electron chi connectivity index (χ0n) is 23.1. The van der Waals surface area contributed by atoms with E-state index in [0.717, 1.165) is 5.56 Å². The van der Waals surface area contributed by atoms with Crippen molar-refractivity contribution >= 4 is 17.4 Å². The molecule has 9 nitrogen and oxygen atoms in total. The molecule has 0 bridgehead atoms. The molecule has 0 aromatic heterocycles. The minimum atomic E-state index is -0.845. The number of benzene rings is 3. The number of aliphatic hydroxyl groups excluding tert-OH is 1. The summed E-state index contributed by atoms with van der Waals surface area (Å²) >= 11 is 0. The first-order valence-corrected chi connectivity index (χ1v) is 13.6. The molecule has 1 atom stereocenters. The maximum absolute atomic E-state index is 13.4. The number of methoxy groups -OCH3 is 1. The molecule has 3 aromatic rings. The van der Waals surface area contributed by atoms with Crippen molar-refractivity contribution in [3.05, 3.63) is 89.0 Å². The van der Waals surface area contributed by atoms with Gasteiger partial charge in [0.15, 0.2) is 23.0 Å². The topological polar surface area (TPSA) is 104 Å². The first-order chi connectivity index (χ1) is 20.0. The molecule has 2 aliphatic heterocycles. The fourth-order valence-corrected chi connectivity index (χ4v) is 5.00. The summed E-state index contributed by atoms with van der Waals surface area (Å²) in [5, 5.41) is 11.5. The van der Waals surface area contributed by atoms with E-state index in [4.69, 9.17) is 23.7 Å². The molecule has 41 heavy (non-hydrogen) atoms. The highest BCUT2D eigenvalue weighted by atomic mass is 16.6. The van der Waals surface area contributed by atoms with E-state index in [2.05, 4.69) is 0 Å². The molecule has 1 amide bonds. The number of rotatable bonds is 11. The van der Waals surface area contributed by atoms with Crippen LogP contribution in [0.15, 0.2) is 72.3 Å². The molecule has 0 radical (unpaired) electrons. The predicted molar refractivity (Wildman–Crippen MR) is 151 cm³/mol. The number of hydrogen-bond donors (Lipinski definition) is 1. The van der Waals surface area contributed by atoms with E-state index in [1.165, 1.54) is 4.90 Å². The molecule has 0 spiro atoms. The number of carbonyl (C=O) groups is 2. The van der Waals surface area contributed by atoms with Crippen LogP contribution in [-0.4, -0.2) is 61.8 Å². The van der Waals surface area contributed by atoms with Gasteiger partial charge in [0.05, 0.1) is 18.2 Å². The number of aliphatic hydroxyl groups is 1. The van der Waals surface area contributed by atoms with Crippen molar-refractivity contribution in [3.8, 4) is 23.0 Å². The van der Waals surface area contributed by atoms with Crippen molar-refractivity contribution in [2.24, 2.45) is 0 Å². The standard InChI is InChI=1S/C32H33NO8/c1-3-38-26-18-22(10-12-25(26)41-20-21-8-5-4-6-9-21)29-28(31(35)32(36)33(29)14-7-15-37-2)30(34)23-11-13-24-27(19-23)40-17-16-39-24/h4-6,8-13,18-19,29,34H,3,7,14-17,20H2,1-2H3. The van der Waals surface area contributed by atoms with Gasteiger partial charge in [-0.05, 0) is 54.8 Å². The lowest BCUT2D eigenvalue weighted by Gasteiger charge is -2.26. The molecule has 0 aliphatic carbocycles. The number of amides is 1. The number of likely N-dealkylation sites (tertiary alicyclic amines) is 1. The molecule has 214 valence electrons. The summed E-state index contributed by atoms with van der Waals surface area (Å²) in [5.74, 6) is 0.281. The number of carbonyl (C=O) groups excluding carboxylic acids is 2. The van der Waals surface area contributed by atoms with Gasteiger partial charge in [-0.25, -0.2) is 0 Å². The Bertz CT molecular complexity index is 1430. The molecule has 0 saturated carbocycles. The monoisotopic (exact) mass is 559 g/mol. The van der Waals surface area contributed by atoms with E-state index in [1.54, 1.807) is 43.5 Å². The van der Waals surface area contributed by atoms with Crippen LogP contribution in [0.4, 0.5) is 0 Å². The van der Waals surface area contributed by atoms with Gasteiger partial charge in [-0.1, -0.05) is 36.4 Å². The SMILES string of the molecule is CCOc1cc(C2C(=C(O)c3ccc4c(c3)OCCO4)C(=O)C(=O)N2CCCOC)ccc1OCc1ccccc1. The predicted octanol–water partition coefficient (Wildman–Crippen LogP) is 4.89. The highest BCUT2D eigenvalue weighted by molar-refractivity contribution is 6.46. The Morgan fingerprint density at radius 3 is 2.49 bits per heavy atom. The maximum atomic E-state index is 13.4. The summed E-state index contributed by atoms with van der Waals surface area (Å²) in [6.45, 7) is 4.08. The molecule has 5 rings (SSSR count). The first-order valence-electron chi connectivity index (χ1n) is 13.6. The van der Waals surface area contributed by atoms with E-state index in [0.29, 0.717) is 73.6 Å². The van der Waals surface area contributed by atoms with Crippen molar-refractivity contribution in [3.63, 3.8) is 0 Å². The lowest BCUT2D eigenvalue weighted by Crippen LogP contribution is -2.31. The van der Waals surface area contributed by atoms with Gasteiger partial charge in [-0.2, -0.15) is 0 Å². The normalized spacial score (nSPS) is 17.5. The number of ether oxygens (including phenoxy) is 5. The summed E-state index contributed by atoms with van der Waals surface area (Å²) in [7, 11) is 1.58. The van der Waals surface area contributed by atoms with Crippen LogP contribution in [0.3, 0.4) is 0 Å². The Kier molecular flexibility index (Phi) is 8.74. The molecule has 9 heteroatoms. The van der Waals surface area contributed by atoms with Crippen molar-refractivity contribution in [2.45, 2.75) is 26.0 Å². The van der Waals surface area contributed by atoms with Gasteiger partial charge in [-0.3, -0.25) is 9.59 Å². The van der Waals surface area contributed by atoms with E-state index in [-0.39, 0.29) is 17.9 Å². The zero-order chi connectivity index (χ0) is 28.8. The smallest absolute Gasteiger partial charge is 0.295 e. The Labute approximate surface area is 238 Å². The lowest BCUT2D eigenvalue weighted by atomic mass is 9.94. The van der Waals surface area contributed by atoms with Crippen LogP contribution in [0.1, 0.15) is 36.1 Å². The van der Waals surface area contributed by atoms with Gasteiger partial charge < -0.3 is 33.7 Å². The van der Waals surface area contributed by atoms with E-state index in [1.807, 2.05) is 37.3 Å². The average Bonchev–Trinajstić information content (AvgIpc) is 3.25. The van der Waals surface area contributed by atoms with Gasteiger partial charge in [0, 0.05) is 25.8 Å². The van der Waals surface area contributed by atoms with Gasteiger partial charge >= 0.3 is 0 Å². The molecule has 1 fully saturated rings. The maximum Gasteiger partial charge on any atom is 0.295 e. The van der Waals surface area contributed by atoms with Crippen LogP contribution in [0.5, 0.6) is 23.0 Å². The van der Waals surface area contributed by atoms with Gasteiger partial charge in [-0.15, -0.1) is 0 Å². The van der Waals surface area contributed by atoms with Crippen LogP contribution in [0.2, 0.25) is 0 Å². The molecule has 1 unspecified atom stereocenters. The number of ketones is 1. The Balaban J connectivity index is 1.55. The van der Waals surface area contributed by atoms with E-state index >= 15 is 0 Å². The molecular weight excluding hydrogens is 526 g/mol. The Morgan fingerprint density at radius 2 is 1.73 bits per heavy atom. The quantitative estimate of drug-likeness (QED) is 0.153. The number of Topliss-reactive ketones (excluding diaryl/α,β-unsaturated/α-hetero) is 1. The van der Waals surface area contributed by atoms with Crippen LogP contribution in [0, 0.1) is 0 Å². The minimum Gasteiger partial charge on any atom is -0.507 e. The highest BCUT2D eigenvalue weighted by Gasteiger charge is 2.46. The van der Waals surface area contributed by atoms with Crippen LogP contribution >= 0.6 is 0 Å². The summed E-state index contributed by atoms with van der Waals surface area (Å²) in [6.07, 6.45) is 0.515. The third kappa shape index (κ3) is 6.00. The summed E-state index contributed by atoms with van der Waals surface area (Å²) in [5.41, 5.74) is 1.95. The molecule has 3 aromatic carbocycles. The third-order valence-corrected chi connectivity index (χ3v) is 6.92. The molecule has 1 N–H and O–H groups in total.